The predicted molar refractivity (Wildman–Crippen MR) is 135 cm³/mol. The van der Waals surface area contributed by atoms with Gasteiger partial charge in [0.05, 0.1) is 0 Å². The van der Waals surface area contributed by atoms with Gasteiger partial charge >= 0.3 is 0 Å². The number of rotatable bonds is 6. The van der Waals surface area contributed by atoms with Crippen LogP contribution in [0.25, 0.3) is 0 Å². The van der Waals surface area contributed by atoms with Crippen molar-refractivity contribution < 1.29 is 5.11 Å². The van der Waals surface area contributed by atoms with E-state index in [1.807, 2.05) is 18.2 Å². The molecule has 1 aliphatic carbocycles. The fraction of sp³-hybridized carbons (Fsp3) is 0.379. The molecular weight excluding hydrogens is 392 g/mol. The van der Waals surface area contributed by atoms with E-state index in [2.05, 4.69) is 91.9 Å². The molecule has 3 aromatic carbocycles. The zero-order valence-electron chi connectivity index (χ0n) is 19.8. The highest BCUT2D eigenvalue weighted by atomic mass is 16.3. The van der Waals surface area contributed by atoms with E-state index in [0.717, 1.165) is 38.6 Å². The second-order valence-corrected chi connectivity index (χ2v) is 8.83. The molecular formula is C29H38N2O. The summed E-state index contributed by atoms with van der Waals surface area (Å²) in [7, 11) is 4.27. The van der Waals surface area contributed by atoms with E-state index in [1.54, 1.807) is 6.07 Å². The lowest BCUT2D eigenvalue weighted by Gasteiger charge is -2.47. The summed E-state index contributed by atoms with van der Waals surface area (Å²) in [4.78, 5) is 2.48. The van der Waals surface area contributed by atoms with E-state index in [4.69, 9.17) is 0 Å². The molecule has 0 unspecified atom stereocenters. The van der Waals surface area contributed by atoms with Crippen LogP contribution in [0, 0.1) is 0 Å². The Hall–Kier alpha value is -2.62. The molecule has 1 saturated carbocycles. The molecule has 4 rings (SSSR count). The van der Waals surface area contributed by atoms with Gasteiger partial charge in [0.2, 0.25) is 0 Å². The fourth-order valence-corrected chi connectivity index (χ4v) is 4.79. The summed E-state index contributed by atoms with van der Waals surface area (Å²) in [5.74, 6) is 0.357. The third-order valence-electron chi connectivity index (χ3n) is 6.85. The SMILES string of the molecule is CCc1ccccc1.CNC1CCC(c2cccc(O)c2)(N(C)Cc2ccccc2)CC1. The van der Waals surface area contributed by atoms with Crippen LogP contribution in [0.2, 0.25) is 0 Å². The first-order valence-corrected chi connectivity index (χ1v) is 11.8. The molecule has 0 atom stereocenters. The number of nitrogens with zero attached hydrogens (tertiary/aromatic N) is 1. The average Bonchev–Trinajstić information content (AvgIpc) is 2.85. The molecule has 3 aromatic rings. The molecule has 0 heterocycles. The Balaban J connectivity index is 0.000000305. The van der Waals surface area contributed by atoms with Crippen LogP contribution in [0.3, 0.4) is 0 Å². The molecule has 0 aliphatic heterocycles. The number of aromatic hydroxyl groups is 1. The largest absolute Gasteiger partial charge is 0.508 e. The standard InChI is InChI=1S/C21H28N2O.C8H10/c1-22-19-11-13-21(14-12-19,18-9-6-10-20(24)15-18)23(2)16-17-7-4-3-5-8-17;1-2-8-6-4-3-5-7-8/h3-10,15,19,22,24H,11-14,16H2,1-2H3;3-7H,2H2,1H3. The normalized spacial score (nSPS) is 20.4. The maximum Gasteiger partial charge on any atom is 0.115 e. The van der Waals surface area contributed by atoms with Crippen molar-refractivity contribution >= 4 is 0 Å². The van der Waals surface area contributed by atoms with Gasteiger partial charge < -0.3 is 10.4 Å². The summed E-state index contributed by atoms with van der Waals surface area (Å²) in [6, 6.07) is 29.5. The Morgan fingerprint density at radius 2 is 1.47 bits per heavy atom. The minimum atomic E-state index is -0.0120. The van der Waals surface area contributed by atoms with Gasteiger partial charge in [-0.3, -0.25) is 4.90 Å². The highest BCUT2D eigenvalue weighted by molar-refractivity contribution is 5.33. The Labute approximate surface area is 194 Å². The number of hydrogen-bond donors (Lipinski definition) is 2. The lowest BCUT2D eigenvalue weighted by Crippen LogP contribution is -2.48. The van der Waals surface area contributed by atoms with Gasteiger partial charge in [0.15, 0.2) is 0 Å². The number of hydrogen-bond acceptors (Lipinski definition) is 3. The summed E-state index contributed by atoms with van der Waals surface area (Å²) in [6.07, 6.45) is 5.66. The van der Waals surface area contributed by atoms with E-state index in [9.17, 15) is 5.11 Å². The van der Waals surface area contributed by atoms with Crippen LogP contribution in [0.5, 0.6) is 5.75 Å². The van der Waals surface area contributed by atoms with E-state index in [0.29, 0.717) is 11.8 Å². The van der Waals surface area contributed by atoms with Crippen molar-refractivity contribution in [3.05, 3.63) is 102 Å². The van der Waals surface area contributed by atoms with Gasteiger partial charge in [0.25, 0.3) is 0 Å². The first kappa shape index (κ1) is 24.0. The Bertz CT molecular complexity index is 918. The molecule has 0 radical (unpaired) electrons. The van der Waals surface area contributed by atoms with Gasteiger partial charge in [-0.05, 0) is 75.0 Å². The quantitative estimate of drug-likeness (QED) is 0.494. The zero-order valence-corrected chi connectivity index (χ0v) is 19.8. The lowest BCUT2D eigenvalue weighted by molar-refractivity contribution is 0.0561. The molecule has 0 aromatic heterocycles. The van der Waals surface area contributed by atoms with Crippen molar-refractivity contribution in [3.63, 3.8) is 0 Å². The van der Waals surface area contributed by atoms with Crippen LogP contribution >= 0.6 is 0 Å². The summed E-state index contributed by atoms with van der Waals surface area (Å²) in [6.45, 7) is 3.08. The Morgan fingerprint density at radius 3 is 1.97 bits per heavy atom. The number of aryl methyl sites for hydroxylation is 1. The van der Waals surface area contributed by atoms with E-state index in [1.165, 1.54) is 16.7 Å². The maximum atomic E-state index is 10.00. The lowest BCUT2D eigenvalue weighted by atomic mass is 9.73. The third kappa shape index (κ3) is 6.21. The third-order valence-corrected chi connectivity index (χ3v) is 6.85. The monoisotopic (exact) mass is 430 g/mol. The first-order valence-electron chi connectivity index (χ1n) is 11.8. The molecule has 3 nitrogen and oxygen atoms in total. The topological polar surface area (TPSA) is 35.5 Å². The summed E-state index contributed by atoms with van der Waals surface area (Å²) in [5.41, 5.74) is 3.96. The number of phenols is 1. The van der Waals surface area contributed by atoms with E-state index < -0.39 is 0 Å². The van der Waals surface area contributed by atoms with Gasteiger partial charge in [0.1, 0.15) is 5.75 Å². The van der Waals surface area contributed by atoms with E-state index >= 15 is 0 Å². The molecule has 1 fully saturated rings. The molecule has 2 N–H and O–H groups in total. The molecule has 3 heteroatoms. The summed E-state index contributed by atoms with van der Waals surface area (Å²) < 4.78 is 0. The van der Waals surface area contributed by atoms with Crippen molar-refractivity contribution in [1.82, 2.24) is 10.2 Å². The van der Waals surface area contributed by atoms with Crippen molar-refractivity contribution in [2.75, 3.05) is 14.1 Å². The Morgan fingerprint density at radius 1 is 0.875 bits per heavy atom. The molecule has 170 valence electrons. The molecule has 0 spiro atoms. The second-order valence-electron chi connectivity index (χ2n) is 8.83. The Kier molecular flexibility index (Phi) is 8.90. The van der Waals surface area contributed by atoms with Gasteiger partial charge in [-0.2, -0.15) is 0 Å². The average molecular weight is 431 g/mol. The number of nitrogens with one attached hydrogen (secondary N) is 1. The van der Waals surface area contributed by atoms with Crippen LogP contribution in [0.4, 0.5) is 0 Å². The zero-order chi connectivity index (χ0) is 22.8. The van der Waals surface area contributed by atoms with Gasteiger partial charge in [0, 0.05) is 18.1 Å². The summed E-state index contributed by atoms with van der Waals surface area (Å²) >= 11 is 0. The fourth-order valence-electron chi connectivity index (χ4n) is 4.79. The highest BCUT2D eigenvalue weighted by Crippen LogP contribution is 2.43. The number of benzene rings is 3. The minimum absolute atomic E-state index is 0.0120. The molecule has 32 heavy (non-hydrogen) atoms. The molecule has 0 saturated heterocycles. The highest BCUT2D eigenvalue weighted by Gasteiger charge is 2.40. The van der Waals surface area contributed by atoms with Crippen LogP contribution in [0.15, 0.2) is 84.9 Å². The predicted octanol–water partition coefficient (Wildman–Crippen LogP) is 6.13. The van der Waals surface area contributed by atoms with Crippen LogP contribution in [-0.4, -0.2) is 30.1 Å². The van der Waals surface area contributed by atoms with Crippen LogP contribution in [0.1, 0.15) is 49.3 Å². The van der Waals surface area contributed by atoms with Gasteiger partial charge in [-0.15, -0.1) is 0 Å². The number of phenolic OH excluding ortho intramolecular Hbond substituents is 1. The van der Waals surface area contributed by atoms with Crippen LogP contribution < -0.4 is 5.32 Å². The van der Waals surface area contributed by atoms with Crippen LogP contribution in [-0.2, 0) is 18.5 Å². The van der Waals surface area contributed by atoms with Crippen molar-refractivity contribution in [3.8, 4) is 5.75 Å². The smallest absolute Gasteiger partial charge is 0.115 e. The summed E-state index contributed by atoms with van der Waals surface area (Å²) in [5, 5.41) is 13.4. The van der Waals surface area contributed by atoms with Crippen molar-refractivity contribution in [2.45, 2.75) is 57.2 Å². The molecule has 0 bridgehead atoms. The van der Waals surface area contributed by atoms with Crippen molar-refractivity contribution in [2.24, 2.45) is 0 Å². The molecule has 1 aliphatic rings. The molecule has 0 amide bonds. The van der Waals surface area contributed by atoms with E-state index in [-0.39, 0.29) is 5.54 Å². The first-order chi connectivity index (χ1) is 15.6. The minimum Gasteiger partial charge on any atom is -0.508 e. The van der Waals surface area contributed by atoms with Gasteiger partial charge in [-0.1, -0.05) is 79.7 Å². The second kappa shape index (κ2) is 11.8. The van der Waals surface area contributed by atoms with Gasteiger partial charge in [-0.25, -0.2) is 0 Å². The maximum absolute atomic E-state index is 10.00. The van der Waals surface area contributed by atoms with Crippen molar-refractivity contribution in [1.29, 1.82) is 0 Å².